The zero-order valence-electron chi connectivity index (χ0n) is 10.1. The molecule has 0 saturated carbocycles. The summed E-state index contributed by atoms with van der Waals surface area (Å²) in [5.74, 6) is 0. The van der Waals surface area contributed by atoms with Crippen molar-refractivity contribution in [3.63, 3.8) is 0 Å². The summed E-state index contributed by atoms with van der Waals surface area (Å²) in [5, 5.41) is 5.56. The van der Waals surface area contributed by atoms with Gasteiger partial charge in [-0.05, 0) is 12.1 Å². The number of rotatable bonds is 2. The van der Waals surface area contributed by atoms with Crippen LogP contribution < -0.4 is 0 Å². The summed E-state index contributed by atoms with van der Waals surface area (Å²) in [5.41, 5.74) is 0.300. The van der Waals surface area contributed by atoms with E-state index in [1.807, 2.05) is 5.10 Å². The molecule has 3 heterocycles. The first-order chi connectivity index (χ1) is 9.54. The molecule has 1 saturated heterocycles. The summed E-state index contributed by atoms with van der Waals surface area (Å²) in [6, 6.07) is 4.20. The van der Waals surface area contributed by atoms with Crippen LogP contribution in [0, 0.1) is 0 Å². The fraction of sp³-hybridized carbons (Fsp3) is 0.333. The van der Waals surface area contributed by atoms with E-state index in [2.05, 4.69) is 10.1 Å². The SMILES string of the molecule is FC(F)(F)c1cc(-c2ccc(C3OCCO3)cn2)n[nH]1. The largest absolute Gasteiger partial charge is 0.432 e. The van der Waals surface area contributed by atoms with E-state index in [9.17, 15) is 13.2 Å². The molecule has 5 nitrogen and oxygen atoms in total. The highest BCUT2D eigenvalue weighted by Gasteiger charge is 2.33. The molecule has 0 unspecified atom stereocenters. The molecule has 2 aromatic rings. The average molecular weight is 285 g/mol. The maximum Gasteiger partial charge on any atom is 0.432 e. The summed E-state index contributed by atoms with van der Waals surface area (Å²) in [6.07, 6.45) is -3.40. The fourth-order valence-corrected chi connectivity index (χ4v) is 1.85. The molecule has 20 heavy (non-hydrogen) atoms. The standard InChI is InChI=1S/C12H10F3N3O2/c13-12(14,15)10-5-9(17-18-10)8-2-1-7(6-16-8)11-19-3-4-20-11/h1-2,5-6,11H,3-4H2,(H,17,18). The van der Waals surface area contributed by atoms with E-state index in [4.69, 9.17) is 9.47 Å². The number of pyridine rings is 1. The minimum Gasteiger partial charge on any atom is -0.346 e. The minimum atomic E-state index is -4.45. The smallest absolute Gasteiger partial charge is 0.346 e. The van der Waals surface area contributed by atoms with Crippen molar-refractivity contribution in [3.05, 3.63) is 35.7 Å². The van der Waals surface area contributed by atoms with Gasteiger partial charge < -0.3 is 9.47 Å². The van der Waals surface area contributed by atoms with Gasteiger partial charge in [0, 0.05) is 11.8 Å². The molecular formula is C12H10F3N3O2. The molecule has 0 amide bonds. The third kappa shape index (κ3) is 2.52. The Morgan fingerprint density at radius 2 is 1.90 bits per heavy atom. The normalized spacial score (nSPS) is 16.8. The van der Waals surface area contributed by atoms with Crippen LogP contribution in [0.3, 0.4) is 0 Å². The van der Waals surface area contributed by atoms with Crippen molar-refractivity contribution >= 4 is 0 Å². The number of nitrogens with zero attached hydrogens (tertiary/aromatic N) is 2. The highest BCUT2D eigenvalue weighted by Crippen LogP contribution is 2.30. The van der Waals surface area contributed by atoms with Crippen LogP contribution in [0.1, 0.15) is 17.5 Å². The molecule has 1 fully saturated rings. The topological polar surface area (TPSA) is 60.0 Å². The minimum absolute atomic E-state index is 0.136. The monoisotopic (exact) mass is 285 g/mol. The molecule has 0 aliphatic carbocycles. The molecule has 3 rings (SSSR count). The van der Waals surface area contributed by atoms with E-state index >= 15 is 0 Å². The Kier molecular flexibility index (Phi) is 3.19. The van der Waals surface area contributed by atoms with Gasteiger partial charge in [-0.15, -0.1) is 0 Å². The predicted octanol–water partition coefficient (Wildman–Crippen LogP) is 2.54. The summed E-state index contributed by atoms with van der Waals surface area (Å²) in [6.45, 7) is 1.03. The van der Waals surface area contributed by atoms with E-state index in [-0.39, 0.29) is 5.69 Å². The van der Waals surface area contributed by atoms with Crippen molar-refractivity contribution in [2.45, 2.75) is 12.5 Å². The lowest BCUT2D eigenvalue weighted by Gasteiger charge is -2.08. The van der Waals surface area contributed by atoms with Gasteiger partial charge in [0.05, 0.1) is 18.9 Å². The molecule has 0 atom stereocenters. The number of hydrogen-bond acceptors (Lipinski definition) is 4. The van der Waals surface area contributed by atoms with E-state index in [0.717, 1.165) is 11.6 Å². The van der Waals surface area contributed by atoms with Gasteiger partial charge in [-0.25, -0.2) is 0 Å². The van der Waals surface area contributed by atoms with E-state index in [1.165, 1.54) is 6.20 Å². The van der Waals surface area contributed by atoms with Gasteiger partial charge >= 0.3 is 6.18 Å². The number of nitrogens with one attached hydrogen (secondary N) is 1. The van der Waals surface area contributed by atoms with Gasteiger partial charge in [-0.3, -0.25) is 10.1 Å². The van der Waals surface area contributed by atoms with Crippen LogP contribution in [0.15, 0.2) is 24.4 Å². The first-order valence-electron chi connectivity index (χ1n) is 5.86. The predicted molar refractivity (Wildman–Crippen MR) is 61.5 cm³/mol. The Morgan fingerprint density at radius 1 is 1.15 bits per heavy atom. The Morgan fingerprint density at radius 3 is 2.45 bits per heavy atom. The summed E-state index contributed by atoms with van der Waals surface area (Å²) >= 11 is 0. The van der Waals surface area contributed by atoms with Gasteiger partial charge in [0.25, 0.3) is 0 Å². The van der Waals surface area contributed by atoms with Crippen LogP contribution in [0.4, 0.5) is 13.2 Å². The summed E-state index contributed by atoms with van der Waals surface area (Å²) in [4.78, 5) is 4.08. The number of aromatic amines is 1. The zero-order chi connectivity index (χ0) is 14.2. The number of aromatic nitrogens is 3. The quantitative estimate of drug-likeness (QED) is 0.921. The Bertz CT molecular complexity index is 589. The van der Waals surface area contributed by atoms with Gasteiger partial charge in [-0.1, -0.05) is 6.07 Å². The van der Waals surface area contributed by atoms with Crippen LogP contribution in [-0.4, -0.2) is 28.4 Å². The molecule has 0 bridgehead atoms. The molecule has 106 valence electrons. The van der Waals surface area contributed by atoms with E-state index in [1.54, 1.807) is 12.1 Å². The van der Waals surface area contributed by atoms with Gasteiger partial charge in [-0.2, -0.15) is 18.3 Å². The number of alkyl halides is 3. The van der Waals surface area contributed by atoms with E-state index < -0.39 is 18.2 Å². The van der Waals surface area contributed by atoms with Gasteiger partial charge in [0.15, 0.2) is 6.29 Å². The van der Waals surface area contributed by atoms with Crippen molar-refractivity contribution in [1.82, 2.24) is 15.2 Å². The lowest BCUT2D eigenvalue weighted by Crippen LogP contribution is -2.04. The Balaban J connectivity index is 1.82. The molecule has 1 aliphatic heterocycles. The van der Waals surface area contributed by atoms with Crippen LogP contribution in [0.25, 0.3) is 11.4 Å². The molecule has 0 spiro atoms. The third-order valence-corrected chi connectivity index (χ3v) is 2.83. The van der Waals surface area contributed by atoms with Crippen LogP contribution in [0.2, 0.25) is 0 Å². The zero-order valence-corrected chi connectivity index (χ0v) is 10.1. The van der Waals surface area contributed by atoms with Crippen molar-refractivity contribution in [2.75, 3.05) is 13.2 Å². The number of H-pyrrole nitrogens is 1. The summed E-state index contributed by atoms with van der Waals surface area (Å²) in [7, 11) is 0. The highest BCUT2D eigenvalue weighted by molar-refractivity contribution is 5.54. The number of halogens is 3. The van der Waals surface area contributed by atoms with E-state index in [0.29, 0.717) is 18.9 Å². The van der Waals surface area contributed by atoms with Gasteiger partial charge in [0.2, 0.25) is 0 Å². The Labute approximate surface area is 111 Å². The molecule has 1 N–H and O–H groups in total. The third-order valence-electron chi connectivity index (χ3n) is 2.83. The fourth-order valence-electron chi connectivity index (χ4n) is 1.85. The first kappa shape index (κ1) is 13.1. The first-order valence-corrected chi connectivity index (χ1v) is 5.86. The molecule has 0 aromatic carbocycles. The molecular weight excluding hydrogens is 275 g/mol. The maximum atomic E-state index is 12.5. The van der Waals surface area contributed by atoms with Crippen LogP contribution in [-0.2, 0) is 15.7 Å². The average Bonchev–Trinajstić information content (AvgIpc) is 3.10. The molecule has 1 aliphatic rings. The van der Waals surface area contributed by atoms with Crippen molar-refractivity contribution in [3.8, 4) is 11.4 Å². The summed E-state index contributed by atoms with van der Waals surface area (Å²) < 4.78 is 48.0. The van der Waals surface area contributed by atoms with Crippen molar-refractivity contribution in [2.24, 2.45) is 0 Å². The van der Waals surface area contributed by atoms with Crippen molar-refractivity contribution < 1.29 is 22.6 Å². The number of ether oxygens (including phenoxy) is 2. The van der Waals surface area contributed by atoms with Crippen LogP contribution in [0.5, 0.6) is 0 Å². The molecule has 0 radical (unpaired) electrons. The maximum absolute atomic E-state index is 12.5. The highest BCUT2D eigenvalue weighted by atomic mass is 19.4. The second-order valence-corrected chi connectivity index (χ2v) is 4.21. The second-order valence-electron chi connectivity index (χ2n) is 4.21. The second kappa shape index (κ2) is 4.88. The lowest BCUT2D eigenvalue weighted by molar-refractivity contribution is -0.141. The van der Waals surface area contributed by atoms with Crippen LogP contribution >= 0.6 is 0 Å². The van der Waals surface area contributed by atoms with Gasteiger partial charge in [0.1, 0.15) is 11.4 Å². The number of hydrogen-bond donors (Lipinski definition) is 1. The van der Waals surface area contributed by atoms with Crippen molar-refractivity contribution in [1.29, 1.82) is 0 Å². The molecule has 2 aromatic heterocycles. The molecule has 8 heteroatoms. The lowest BCUT2D eigenvalue weighted by atomic mass is 10.2. The Hall–Kier alpha value is -1.93.